The maximum atomic E-state index is 14.2. The molecule has 2 N–H and O–H groups in total. The van der Waals surface area contributed by atoms with E-state index in [4.69, 9.17) is 32.7 Å². The molecule has 2 amide bonds. The van der Waals surface area contributed by atoms with Crippen LogP contribution in [0.2, 0.25) is 10.3 Å². The van der Waals surface area contributed by atoms with Gasteiger partial charge < -0.3 is 9.47 Å². The first-order chi connectivity index (χ1) is 27.9. The van der Waals surface area contributed by atoms with Crippen molar-refractivity contribution in [3.05, 3.63) is 91.9 Å². The first kappa shape index (κ1) is 39.5. The normalized spacial score (nSPS) is 18.6. The quantitative estimate of drug-likeness (QED) is 0.100. The SMILES string of the molecule is COc1cnc(Cl)cc1-c1cc(C)[n+](-[n+]2cc(OC)c(-c3cc(C)ncc3C(=O)Nc3nnc([C@@H]4CC[C@@H]4F)s3)cc2Cl)cc1C(=O)Nc1nnc([C@H]2CC[C@@H]2F)s1. The molecule has 2 aliphatic carbocycles. The van der Waals surface area contributed by atoms with E-state index in [2.05, 4.69) is 41.0 Å². The lowest BCUT2D eigenvalue weighted by atomic mass is 9.84. The summed E-state index contributed by atoms with van der Waals surface area (Å²) in [4.78, 5) is 36.4. The van der Waals surface area contributed by atoms with Crippen LogP contribution < -0.4 is 29.5 Å². The zero-order valence-corrected chi connectivity index (χ0v) is 34.4. The number of hydrogen-bond donors (Lipinski definition) is 2. The molecule has 4 atom stereocenters. The fraction of sp³-hybridized carbons (Fsp3) is 0.316. The maximum absolute atomic E-state index is 14.2. The van der Waals surface area contributed by atoms with Crippen molar-refractivity contribution in [3.8, 4) is 33.8 Å². The molecule has 6 aromatic rings. The highest BCUT2D eigenvalue weighted by Crippen LogP contribution is 2.43. The molecule has 58 heavy (non-hydrogen) atoms. The number of anilines is 2. The number of nitrogens with one attached hydrogen (secondary N) is 2. The Morgan fingerprint density at radius 1 is 0.707 bits per heavy atom. The largest absolute Gasteiger partial charge is 0.494 e. The van der Waals surface area contributed by atoms with Crippen molar-refractivity contribution in [2.75, 3.05) is 24.9 Å². The second-order valence-electron chi connectivity index (χ2n) is 13.8. The van der Waals surface area contributed by atoms with Crippen molar-refractivity contribution < 1.29 is 37.2 Å². The summed E-state index contributed by atoms with van der Waals surface area (Å²) in [6.07, 6.45) is 6.47. The van der Waals surface area contributed by atoms with Gasteiger partial charge in [-0.2, -0.15) is 0 Å². The number of hydrogen-bond acceptors (Lipinski definition) is 12. The second kappa shape index (κ2) is 16.2. The van der Waals surface area contributed by atoms with Gasteiger partial charge in [0.25, 0.3) is 29.9 Å². The minimum Gasteiger partial charge on any atom is -0.494 e. The van der Waals surface area contributed by atoms with E-state index in [1.165, 1.54) is 26.6 Å². The Bertz CT molecular complexity index is 2590. The number of ether oxygens (including phenoxy) is 2. The molecule has 6 heterocycles. The Morgan fingerprint density at radius 3 is 1.86 bits per heavy atom. The molecule has 0 bridgehead atoms. The minimum absolute atomic E-state index is 0.171. The van der Waals surface area contributed by atoms with Crippen LogP contribution in [0.15, 0.2) is 49.1 Å². The molecule has 8 rings (SSSR count). The molecule has 6 aromatic heterocycles. The van der Waals surface area contributed by atoms with Crippen LogP contribution in [0.3, 0.4) is 0 Å². The molecule has 2 saturated carbocycles. The number of rotatable bonds is 11. The number of pyridine rings is 4. The second-order valence-corrected chi connectivity index (χ2v) is 16.6. The molecule has 2 fully saturated rings. The van der Waals surface area contributed by atoms with Crippen LogP contribution in [-0.2, 0) is 0 Å². The Kier molecular flexibility index (Phi) is 11.0. The predicted octanol–water partition coefficient (Wildman–Crippen LogP) is 7.28. The number of carbonyl (C=O) groups excluding carboxylic acids is 2. The molecule has 298 valence electrons. The Morgan fingerprint density at radius 2 is 1.29 bits per heavy atom. The molecular weight excluding hydrogens is 834 g/mol. The Hall–Kier alpha value is -5.30. The summed E-state index contributed by atoms with van der Waals surface area (Å²) in [6, 6.07) is 6.74. The van der Waals surface area contributed by atoms with Gasteiger partial charge in [0.1, 0.15) is 38.8 Å². The molecular formula is C38H34Cl2F2N10O4S2+2. The standard InChI is InChI=1S/C38H32Cl2F2N10O4S2/c1-17-9-21(25(13-43-17)33(53)45-37-49-47-35(57-37)19-5-7-27(19)41)24-12-32(40)52(16-30(24)56-4)51-15-26(22(10-18(51)2)23-11-31(39)44-14-29(23)55-3)34(54)46-38-50-48-36(58-38)20-6-8-28(20)42/h9-16,19-20,27-28H,5-8H2,1-4H3/p+2/t19-,20+,27+,28+/m1/s1. The van der Waals surface area contributed by atoms with Crippen LogP contribution in [0.5, 0.6) is 11.5 Å². The van der Waals surface area contributed by atoms with E-state index in [1.54, 1.807) is 52.9 Å². The smallest absolute Gasteiger partial charge is 0.345 e. The summed E-state index contributed by atoms with van der Waals surface area (Å²) in [7, 11) is 2.97. The molecule has 0 unspecified atom stereocenters. The van der Waals surface area contributed by atoms with Crippen molar-refractivity contribution in [2.45, 2.75) is 63.7 Å². The van der Waals surface area contributed by atoms with Crippen LogP contribution >= 0.6 is 45.9 Å². The Balaban J connectivity index is 1.18. The fourth-order valence-corrected chi connectivity index (χ4v) is 8.99. The van der Waals surface area contributed by atoms with E-state index in [9.17, 15) is 18.4 Å². The number of aryl methyl sites for hydroxylation is 2. The van der Waals surface area contributed by atoms with Gasteiger partial charge in [-0.1, -0.05) is 34.3 Å². The van der Waals surface area contributed by atoms with Crippen LogP contribution in [0.25, 0.3) is 22.3 Å². The van der Waals surface area contributed by atoms with E-state index in [0.717, 1.165) is 22.7 Å². The highest BCUT2D eigenvalue weighted by atomic mass is 35.5. The van der Waals surface area contributed by atoms with Gasteiger partial charge >= 0.3 is 5.15 Å². The molecule has 0 aliphatic heterocycles. The van der Waals surface area contributed by atoms with Crippen LogP contribution in [0.1, 0.15) is 79.6 Å². The zero-order chi connectivity index (χ0) is 40.8. The summed E-state index contributed by atoms with van der Waals surface area (Å²) in [5.74, 6) is -1.00. The molecule has 0 spiro atoms. The third kappa shape index (κ3) is 7.56. The van der Waals surface area contributed by atoms with Crippen molar-refractivity contribution in [1.82, 2.24) is 30.4 Å². The monoisotopic (exact) mass is 866 g/mol. The van der Waals surface area contributed by atoms with Gasteiger partial charge in [-0.25, -0.2) is 13.8 Å². The minimum atomic E-state index is -0.988. The third-order valence-corrected chi connectivity index (χ3v) is 12.6. The average Bonchev–Trinajstić information content (AvgIpc) is 3.85. The number of amides is 2. The molecule has 2 aliphatic rings. The van der Waals surface area contributed by atoms with E-state index >= 15 is 0 Å². The van der Waals surface area contributed by atoms with Crippen molar-refractivity contribution in [1.29, 1.82) is 0 Å². The number of aromatic nitrogens is 8. The average molecular weight is 868 g/mol. The van der Waals surface area contributed by atoms with Gasteiger partial charge in [0.05, 0.1) is 35.3 Å². The number of alkyl halides is 2. The molecule has 0 radical (unpaired) electrons. The third-order valence-electron chi connectivity index (χ3n) is 10.2. The molecule has 20 heteroatoms. The highest BCUT2D eigenvalue weighted by molar-refractivity contribution is 7.15. The van der Waals surface area contributed by atoms with Gasteiger partial charge in [-0.05, 0) is 56.3 Å². The molecule has 0 aromatic carbocycles. The van der Waals surface area contributed by atoms with Gasteiger partial charge in [0.15, 0.2) is 5.75 Å². The van der Waals surface area contributed by atoms with Crippen molar-refractivity contribution >= 4 is 68.0 Å². The van der Waals surface area contributed by atoms with Gasteiger partial charge in [-0.3, -0.25) is 25.2 Å². The zero-order valence-electron chi connectivity index (χ0n) is 31.3. The predicted molar refractivity (Wildman–Crippen MR) is 213 cm³/mol. The van der Waals surface area contributed by atoms with Crippen LogP contribution in [-0.4, -0.2) is 68.7 Å². The lowest BCUT2D eigenvalue weighted by Crippen LogP contribution is -2.68. The number of nitrogens with zero attached hydrogens (tertiary/aromatic N) is 8. The Labute approximate surface area is 348 Å². The summed E-state index contributed by atoms with van der Waals surface area (Å²) in [5, 5.41) is 23.9. The van der Waals surface area contributed by atoms with Crippen LogP contribution in [0, 0.1) is 13.8 Å². The highest BCUT2D eigenvalue weighted by Gasteiger charge is 2.37. The fourth-order valence-electron chi connectivity index (χ4n) is 6.75. The van der Waals surface area contributed by atoms with E-state index in [0.29, 0.717) is 80.8 Å². The van der Waals surface area contributed by atoms with Crippen molar-refractivity contribution in [2.24, 2.45) is 0 Å². The first-order valence-corrected chi connectivity index (χ1v) is 20.4. The number of carbonyl (C=O) groups is 2. The van der Waals surface area contributed by atoms with E-state index < -0.39 is 24.2 Å². The maximum Gasteiger partial charge on any atom is 0.345 e. The lowest BCUT2D eigenvalue weighted by Gasteiger charge is -2.27. The van der Waals surface area contributed by atoms with E-state index in [1.807, 2.05) is 6.92 Å². The van der Waals surface area contributed by atoms with Crippen LogP contribution in [0.4, 0.5) is 19.0 Å². The summed E-state index contributed by atoms with van der Waals surface area (Å²) < 4.78 is 42.9. The number of methoxy groups -OCH3 is 2. The summed E-state index contributed by atoms with van der Waals surface area (Å²) >= 11 is 15.7. The first-order valence-electron chi connectivity index (χ1n) is 18.0. The topological polar surface area (TPSA) is 162 Å². The van der Waals surface area contributed by atoms with Gasteiger partial charge in [0, 0.05) is 65.0 Å². The molecule has 0 saturated heterocycles. The van der Waals surface area contributed by atoms with Crippen molar-refractivity contribution in [3.63, 3.8) is 0 Å². The summed E-state index contributed by atoms with van der Waals surface area (Å²) in [6.45, 7) is 3.61. The van der Waals surface area contributed by atoms with E-state index in [-0.39, 0.29) is 43.5 Å². The van der Waals surface area contributed by atoms with Gasteiger partial charge in [0.2, 0.25) is 10.3 Å². The molecule has 14 nitrogen and oxygen atoms in total. The number of halogens is 4. The lowest BCUT2D eigenvalue weighted by molar-refractivity contribution is -1.30. The van der Waals surface area contributed by atoms with Gasteiger partial charge in [-0.15, -0.1) is 20.4 Å². The summed E-state index contributed by atoms with van der Waals surface area (Å²) in [5.41, 5.74) is 3.53.